The van der Waals surface area contributed by atoms with Gasteiger partial charge in [-0.05, 0) is 25.0 Å². The predicted octanol–water partition coefficient (Wildman–Crippen LogP) is 3.02. The molecule has 0 bridgehead atoms. The number of nitrogens with one attached hydrogen (secondary N) is 1. The van der Waals surface area contributed by atoms with E-state index in [0.29, 0.717) is 6.42 Å². The lowest BCUT2D eigenvalue weighted by Crippen LogP contribution is -2.38. The van der Waals surface area contributed by atoms with E-state index in [0.717, 1.165) is 13.0 Å². The number of hydrogen-bond donors (Lipinski definition) is 1. The minimum Gasteiger partial charge on any atom is -0.356 e. The molecule has 1 aliphatic rings. The summed E-state index contributed by atoms with van der Waals surface area (Å²) in [4.78, 5) is 17.4. The zero-order valence-electron chi connectivity index (χ0n) is 10.9. The second-order valence-electron chi connectivity index (χ2n) is 4.93. The van der Waals surface area contributed by atoms with E-state index in [-0.39, 0.29) is 11.9 Å². The average Bonchev–Trinajstić information content (AvgIpc) is 2.78. The number of aromatic amines is 1. The van der Waals surface area contributed by atoms with Gasteiger partial charge in [-0.2, -0.15) is 0 Å². The molecule has 3 rings (SSSR count). The molecule has 18 heavy (non-hydrogen) atoms. The van der Waals surface area contributed by atoms with Crippen molar-refractivity contribution in [1.29, 1.82) is 0 Å². The number of carbonyl (C=O) groups excluding carboxylic acids is 1. The topological polar surface area (TPSA) is 36.1 Å². The highest BCUT2D eigenvalue weighted by molar-refractivity contribution is 5.86. The van der Waals surface area contributed by atoms with Gasteiger partial charge in [-0.15, -0.1) is 0 Å². The maximum absolute atomic E-state index is 11.9. The van der Waals surface area contributed by atoms with Crippen LogP contribution < -0.4 is 0 Å². The van der Waals surface area contributed by atoms with E-state index in [1.54, 1.807) is 0 Å². The SMILES string of the molecule is CCC(=O)N1CCc2c([nH]c3ccccc23)[C@@H]1C. The van der Waals surface area contributed by atoms with Crippen molar-refractivity contribution < 1.29 is 4.79 Å². The summed E-state index contributed by atoms with van der Waals surface area (Å²) in [6, 6.07) is 8.55. The summed E-state index contributed by atoms with van der Waals surface area (Å²) >= 11 is 0. The molecular weight excluding hydrogens is 224 g/mol. The zero-order valence-corrected chi connectivity index (χ0v) is 10.9. The second kappa shape index (κ2) is 4.16. The minimum absolute atomic E-state index is 0.161. The van der Waals surface area contributed by atoms with E-state index < -0.39 is 0 Å². The predicted molar refractivity (Wildman–Crippen MR) is 72.4 cm³/mol. The average molecular weight is 242 g/mol. The highest BCUT2D eigenvalue weighted by Crippen LogP contribution is 2.34. The number of amides is 1. The van der Waals surface area contributed by atoms with Crippen molar-refractivity contribution in [2.45, 2.75) is 32.7 Å². The molecule has 0 saturated carbocycles. The Morgan fingerprint density at radius 1 is 1.44 bits per heavy atom. The summed E-state index contributed by atoms with van der Waals surface area (Å²) in [5.74, 6) is 0.242. The zero-order chi connectivity index (χ0) is 12.7. The van der Waals surface area contributed by atoms with Crippen LogP contribution in [0.3, 0.4) is 0 Å². The molecule has 0 fully saturated rings. The molecule has 0 spiro atoms. The van der Waals surface area contributed by atoms with Gasteiger partial charge in [-0.3, -0.25) is 4.79 Å². The van der Waals surface area contributed by atoms with E-state index in [4.69, 9.17) is 0 Å². The van der Waals surface area contributed by atoms with Gasteiger partial charge < -0.3 is 9.88 Å². The number of fused-ring (bicyclic) bond motifs is 3. The van der Waals surface area contributed by atoms with Crippen molar-refractivity contribution in [1.82, 2.24) is 9.88 Å². The number of nitrogens with zero attached hydrogens (tertiary/aromatic N) is 1. The first-order chi connectivity index (χ1) is 8.72. The standard InChI is InChI=1S/C15H18N2O/c1-3-14(18)17-9-8-12-11-6-4-5-7-13(11)16-15(12)10(17)2/h4-7,10,16H,3,8-9H2,1-2H3/t10-/m0/s1. The Kier molecular flexibility index (Phi) is 2.62. The van der Waals surface area contributed by atoms with E-state index in [1.807, 2.05) is 17.9 Å². The Bertz CT molecular complexity index is 600. The van der Waals surface area contributed by atoms with Gasteiger partial charge in [0.05, 0.1) is 6.04 Å². The Balaban J connectivity index is 2.08. The largest absolute Gasteiger partial charge is 0.356 e. The van der Waals surface area contributed by atoms with Gasteiger partial charge in [0, 0.05) is 29.6 Å². The smallest absolute Gasteiger partial charge is 0.222 e. The van der Waals surface area contributed by atoms with Crippen LogP contribution in [0.4, 0.5) is 0 Å². The lowest BCUT2D eigenvalue weighted by atomic mass is 9.98. The van der Waals surface area contributed by atoms with Crippen LogP contribution in [0.5, 0.6) is 0 Å². The van der Waals surface area contributed by atoms with Gasteiger partial charge in [0.2, 0.25) is 5.91 Å². The molecule has 3 nitrogen and oxygen atoms in total. The summed E-state index contributed by atoms with van der Waals surface area (Å²) < 4.78 is 0. The molecule has 1 aliphatic heterocycles. The first-order valence-electron chi connectivity index (χ1n) is 6.61. The summed E-state index contributed by atoms with van der Waals surface area (Å²) in [5.41, 5.74) is 3.78. The molecular formula is C15H18N2O. The van der Waals surface area contributed by atoms with Crippen LogP contribution in [-0.4, -0.2) is 22.3 Å². The van der Waals surface area contributed by atoms with Crippen LogP contribution in [0.25, 0.3) is 10.9 Å². The Hall–Kier alpha value is -1.77. The highest BCUT2D eigenvalue weighted by Gasteiger charge is 2.29. The number of carbonyl (C=O) groups is 1. The molecule has 0 aliphatic carbocycles. The van der Waals surface area contributed by atoms with Gasteiger partial charge in [0.25, 0.3) is 0 Å². The van der Waals surface area contributed by atoms with E-state index in [9.17, 15) is 4.79 Å². The molecule has 1 amide bonds. The number of aromatic nitrogens is 1. The number of rotatable bonds is 1. The number of para-hydroxylation sites is 1. The fourth-order valence-electron chi connectivity index (χ4n) is 2.97. The molecule has 0 unspecified atom stereocenters. The third-order valence-corrected chi connectivity index (χ3v) is 3.96. The molecule has 1 aromatic heterocycles. The fraction of sp³-hybridized carbons (Fsp3) is 0.400. The quantitative estimate of drug-likeness (QED) is 0.819. The summed E-state index contributed by atoms with van der Waals surface area (Å²) in [7, 11) is 0. The molecule has 1 aromatic carbocycles. The van der Waals surface area contributed by atoms with E-state index >= 15 is 0 Å². The fourth-order valence-corrected chi connectivity index (χ4v) is 2.97. The van der Waals surface area contributed by atoms with Crippen LogP contribution in [0, 0.1) is 0 Å². The van der Waals surface area contributed by atoms with Crippen LogP contribution in [0.15, 0.2) is 24.3 Å². The van der Waals surface area contributed by atoms with Crippen LogP contribution in [-0.2, 0) is 11.2 Å². The second-order valence-corrected chi connectivity index (χ2v) is 4.93. The molecule has 3 heteroatoms. The minimum atomic E-state index is 0.161. The number of hydrogen-bond acceptors (Lipinski definition) is 1. The third-order valence-electron chi connectivity index (χ3n) is 3.96. The molecule has 2 aromatic rings. The molecule has 1 N–H and O–H groups in total. The molecule has 1 atom stereocenters. The van der Waals surface area contributed by atoms with Gasteiger partial charge in [0.15, 0.2) is 0 Å². The molecule has 0 saturated heterocycles. The highest BCUT2D eigenvalue weighted by atomic mass is 16.2. The first kappa shape index (κ1) is 11.3. The Morgan fingerprint density at radius 2 is 2.22 bits per heavy atom. The first-order valence-corrected chi connectivity index (χ1v) is 6.61. The summed E-state index contributed by atoms with van der Waals surface area (Å²) in [5, 5.41) is 1.31. The third kappa shape index (κ3) is 1.54. The molecule has 94 valence electrons. The lowest BCUT2D eigenvalue weighted by Gasteiger charge is -2.33. The lowest BCUT2D eigenvalue weighted by molar-refractivity contribution is -0.133. The summed E-state index contributed by atoms with van der Waals surface area (Å²) in [6.45, 7) is 4.87. The maximum atomic E-state index is 11.9. The van der Waals surface area contributed by atoms with Crippen molar-refractivity contribution in [2.24, 2.45) is 0 Å². The van der Waals surface area contributed by atoms with Crippen molar-refractivity contribution in [3.8, 4) is 0 Å². The van der Waals surface area contributed by atoms with Gasteiger partial charge >= 0.3 is 0 Å². The molecule has 2 heterocycles. The monoisotopic (exact) mass is 242 g/mol. The van der Waals surface area contributed by atoms with Crippen molar-refractivity contribution in [3.05, 3.63) is 35.5 Å². The normalized spacial score (nSPS) is 19.0. The maximum Gasteiger partial charge on any atom is 0.222 e. The van der Waals surface area contributed by atoms with E-state index in [2.05, 4.69) is 30.1 Å². The summed E-state index contributed by atoms with van der Waals surface area (Å²) in [6.07, 6.45) is 1.54. The number of benzene rings is 1. The molecule has 0 radical (unpaired) electrons. The van der Waals surface area contributed by atoms with Crippen LogP contribution in [0.2, 0.25) is 0 Å². The van der Waals surface area contributed by atoms with E-state index in [1.165, 1.54) is 22.2 Å². The number of H-pyrrole nitrogens is 1. The van der Waals surface area contributed by atoms with Crippen LogP contribution in [0.1, 0.15) is 37.6 Å². The Morgan fingerprint density at radius 3 is 3.00 bits per heavy atom. The Labute approximate surface area is 107 Å². The van der Waals surface area contributed by atoms with Gasteiger partial charge in [-0.1, -0.05) is 25.1 Å². The van der Waals surface area contributed by atoms with Gasteiger partial charge in [0.1, 0.15) is 0 Å². The van der Waals surface area contributed by atoms with Gasteiger partial charge in [-0.25, -0.2) is 0 Å². The van der Waals surface area contributed by atoms with Crippen molar-refractivity contribution in [3.63, 3.8) is 0 Å². The van der Waals surface area contributed by atoms with Crippen LogP contribution >= 0.6 is 0 Å². The van der Waals surface area contributed by atoms with Crippen molar-refractivity contribution in [2.75, 3.05) is 6.54 Å². The van der Waals surface area contributed by atoms with Crippen molar-refractivity contribution >= 4 is 16.8 Å².